The second-order valence-electron chi connectivity index (χ2n) is 4.50. The quantitative estimate of drug-likeness (QED) is 0.775. The van der Waals surface area contributed by atoms with Gasteiger partial charge in [0.15, 0.2) is 5.13 Å². The first kappa shape index (κ1) is 13.6. The van der Waals surface area contributed by atoms with Gasteiger partial charge in [0.2, 0.25) is 5.91 Å². The summed E-state index contributed by atoms with van der Waals surface area (Å²) in [4.78, 5) is 15.8. The highest BCUT2D eigenvalue weighted by molar-refractivity contribution is 7.14. The van der Waals surface area contributed by atoms with Crippen LogP contribution in [0.5, 0.6) is 0 Å². The highest BCUT2D eigenvalue weighted by Gasteiger charge is 2.08. The smallest absolute Gasteiger partial charge is 0.225 e. The van der Waals surface area contributed by atoms with E-state index in [4.69, 9.17) is 4.42 Å². The van der Waals surface area contributed by atoms with E-state index in [0.29, 0.717) is 11.6 Å². The predicted octanol–water partition coefficient (Wildman–Crippen LogP) is 4.42. The fraction of sp³-hybridized carbons (Fsp3) is 0.125. The summed E-state index contributed by atoms with van der Waals surface area (Å²) in [6.45, 7) is 1.82. The molecule has 0 unspecified atom stereocenters. The van der Waals surface area contributed by atoms with Crippen molar-refractivity contribution in [2.75, 3.05) is 5.32 Å². The fourth-order valence-electron chi connectivity index (χ4n) is 1.95. The molecule has 1 aromatic carbocycles. The van der Waals surface area contributed by atoms with Gasteiger partial charge < -0.3 is 9.73 Å². The minimum absolute atomic E-state index is 0.0276. The molecule has 0 spiro atoms. The summed E-state index contributed by atoms with van der Waals surface area (Å²) in [5, 5.41) is 5.34. The van der Waals surface area contributed by atoms with E-state index < -0.39 is 0 Å². The minimum Gasteiger partial charge on any atom is -0.464 e. The number of anilines is 1. The average molecular weight is 298 g/mol. The normalized spacial score (nSPS) is 10.5. The minimum atomic E-state index is -0.0276. The molecule has 0 aliphatic heterocycles. The van der Waals surface area contributed by atoms with Crippen molar-refractivity contribution in [3.05, 3.63) is 48.0 Å². The first-order valence-corrected chi connectivity index (χ1v) is 7.54. The van der Waals surface area contributed by atoms with Crippen LogP contribution in [0.1, 0.15) is 13.3 Å². The van der Waals surface area contributed by atoms with Crippen LogP contribution in [0.2, 0.25) is 0 Å². The van der Waals surface area contributed by atoms with Gasteiger partial charge in [-0.15, -0.1) is 11.3 Å². The van der Waals surface area contributed by atoms with Crippen LogP contribution >= 0.6 is 11.3 Å². The highest BCUT2D eigenvalue weighted by Crippen LogP contribution is 2.29. The molecule has 1 N–H and O–H groups in total. The molecule has 0 fully saturated rings. The number of hydrogen-bond donors (Lipinski definition) is 1. The number of hydrogen-bond acceptors (Lipinski definition) is 4. The molecule has 21 heavy (non-hydrogen) atoms. The van der Waals surface area contributed by atoms with Crippen molar-refractivity contribution in [2.45, 2.75) is 13.3 Å². The summed E-state index contributed by atoms with van der Waals surface area (Å²) in [7, 11) is 0. The van der Waals surface area contributed by atoms with E-state index >= 15 is 0 Å². The van der Waals surface area contributed by atoms with E-state index in [9.17, 15) is 4.79 Å². The van der Waals surface area contributed by atoms with Gasteiger partial charge in [0.05, 0.1) is 12.0 Å². The van der Waals surface area contributed by atoms with Crippen molar-refractivity contribution < 1.29 is 9.21 Å². The molecule has 0 atom stereocenters. The van der Waals surface area contributed by atoms with Crippen molar-refractivity contribution in [3.63, 3.8) is 0 Å². The number of carbonyl (C=O) groups is 1. The zero-order valence-corrected chi connectivity index (χ0v) is 12.3. The van der Waals surface area contributed by atoms with Gasteiger partial charge in [0, 0.05) is 22.9 Å². The molecule has 5 heteroatoms. The maximum Gasteiger partial charge on any atom is 0.225 e. The number of nitrogens with one attached hydrogen (secondary N) is 1. The lowest BCUT2D eigenvalue weighted by Gasteiger charge is -2.01. The van der Waals surface area contributed by atoms with Gasteiger partial charge >= 0.3 is 0 Å². The van der Waals surface area contributed by atoms with Gasteiger partial charge in [-0.05, 0) is 18.2 Å². The third-order valence-electron chi connectivity index (χ3n) is 3.04. The molecule has 0 saturated heterocycles. The van der Waals surface area contributed by atoms with Crippen molar-refractivity contribution >= 4 is 22.4 Å². The van der Waals surface area contributed by atoms with Gasteiger partial charge in [0.25, 0.3) is 0 Å². The summed E-state index contributed by atoms with van der Waals surface area (Å²) < 4.78 is 5.41. The topological polar surface area (TPSA) is 55.1 Å². The highest BCUT2D eigenvalue weighted by atomic mass is 32.1. The Balaban J connectivity index is 1.87. The fourth-order valence-corrected chi connectivity index (χ4v) is 2.68. The summed E-state index contributed by atoms with van der Waals surface area (Å²) >= 11 is 1.42. The van der Waals surface area contributed by atoms with Crippen LogP contribution in [0.3, 0.4) is 0 Å². The molecule has 106 valence electrons. The molecule has 0 radical (unpaired) electrons. The van der Waals surface area contributed by atoms with E-state index in [2.05, 4.69) is 10.3 Å². The number of carbonyl (C=O) groups excluding carboxylic acids is 1. The Hall–Kier alpha value is -2.40. The molecule has 0 saturated carbocycles. The van der Waals surface area contributed by atoms with Gasteiger partial charge in [-0.25, -0.2) is 4.98 Å². The van der Waals surface area contributed by atoms with E-state index in [0.717, 1.165) is 22.6 Å². The monoisotopic (exact) mass is 298 g/mol. The molecular formula is C16H14N2O2S. The van der Waals surface area contributed by atoms with Crippen molar-refractivity contribution in [3.8, 4) is 22.6 Å². The van der Waals surface area contributed by atoms with Crippen molar-refractivity contribution in [1.29, 1.82) is 0 Å². The van der Waals surface area contributed by atoms with Crippen molar-refractivity contribution in [2.24, 2.45) is 0 Å². The van der Waals surface area contributed by atoms with Gasteiger partial charge in [-0.3, -0.25) is 4.79 Å². The lowest BCUT2D eigenvalue weighted by molar-refractivity contribution is -0.115. The second kappa shape index (κ2) is 5.93. The van der Waals surface area contributed by atoms with E-state index in [1.54, 1.807) is 6.26 Å². The van der Waals surface area contributed by atoms with Crippen LogP contribution in [0.15, 0.2) is 52.5 Å². The zero-order valence-electron chi connectivity index (χ0n) is 11.5. The van der Waals surface area contributed by atoms with Crippen LogP contribution in [0, 0.1) is 0 Å². The number of benzene rings is 1. The van der Waals surface area contributed by atoms with Crippen molar-refractivity contribution in [1.82, 2.24) is 4.98 Å². The van der Waals surface area contributed by atoms with E-state index in [1.807, 2.05) is 48.7 Å². The zero-order chi connectivity index (χ0) is 14.7. The molecule has 2 aromatic heterocycles. The summed E-state index contributed by atoms with van der Waals surface area (Å²) in [6.07, 6.45) is 2.10. The molecule has 4 nitrogen and oxygen atoms in total. The maximum atomic E-state index is 11.4. The van der Waals surface area contributed by atoms with Crippen LogP contribution < -0.4 is 5.32 Å². The number of furan rings is 1. The third kappa shape index (κ3) is 3.03. The van der Waals surface area contributed by atoms with E-state index in [-0.39, 0.29) is 5.91 Å². The number of thiazole rings is 1. The average Bonchev–Trinajstić information content (AvgIpc) is 3.19. The Morgan fingerprint density at radius 2 is 2.14 bits per heavy atom. The molecule has 3 aromatic rings. The Morgan fingerprint density at radius 3 is 2.90 bits per heavy atom. The Bertz CT molecular complexity index is 747. The summed E-state index contributed by atoms with van der Waals surface area (Å²) in [5.74, 6) is 0.798. The van der Waals surface area contributed by atoms with Crippen LogP contribution in [0.25, 0.3) is 22.6 Å². The molecule has 2 heterocycles. The Morgan fingerprint density at radius 1 is 1.29 bits per heavy atom. The Kier molecular flexibility index (Phi) is 3.83. The lowest BCUT2D eigenvalue weighted by atomic mass is 10.1. The standard InChI is InChI=1S/C16H14N2O2S/c1-2-15(19)18-16-17-13(10-21-16)11-5-3-6-12(9-11)14-7-4-8-20-14/h3-10H,2H2,1H3,(H,17,18,19). The number of aromatic nitrogens is 1. The molecule has 3 rings (SSSR count). The lowest BCUT2D eigenvalue weighted by Crippen LogP contribution is -2.08. The van der Waals surface area contributed by atoms with Gasteiger partial charge in [-0.1, -0.05) is 25.1 Å². The third-order valence-corrected chi connectivity index (χ3v) is 3.79. The van der Waals surface area contributed by atoms with E-state index in [1.165, 1.54) is 11.3 Å². The molecule has 1 amide bonds. The second-order valence-corrected chi connectivity index (χ2v) is 5.36. The number of rotatable bonds is 4. The van der Waals surface area contributed by atoms with Gasteiger partial charge in [-0.2, -0.15) is 0 Å². The summed E-state index contributed by atoms with van der Waals surface area (Å²) in [5.41, 5.74) is 2.85. The largest absolute Gasteiger partial charge is 0.464 e. The van der Waals surface area contributed by atoms with Crippen LogP contribution in [-0.4, -0.2) is 10.9 Å². The predicted molar refractivity (Wildman–Crippen MR) is 84.2 cm³/mol. The Labute approximate surface area is 126 Å². The number of nitrogens with zero attached hydrogens (tertiary/aromatic N) is 1. The van der Waals surface area contributed by atoms with Crippen LogP contribution in [-0.2, 0) is 4.79 Å². The first-order valence-electron chi connectivity index (χ1n) is 6.66. The SMILES string of the molecule is CCC(=O)Nc1nc(-c2cccc(-c3ccco3)c2)cs1. The number of amides is 1. The van der Waals surface area contributed by atoms with Gasteiger partial charge in [0.1, 0.15) is 5.76 Å². The molecule has 0 bridgehead atoms. The molecule has 0 aliphatic carbocycles. The molecular weight excluding hydrogens is 284 g/mol. The summed E-state index contributed by atoms with van der Waals surface area (Å²) in [6, 6.07) is 11.8. The maximum absolute atomic E-state index is 11.4. The van der Waals surface area contributed by atoms with Crippen LogP contribution in [0.4, 0.5) is 5.13 Å². The first-order chi connectivity index (χ1) is 10.3. The molecule has 0 aliphatic rings.